The van der Waals surface area contributed by atoms with Gasteiger partial charge in [-0.05, 0) is 6.42 Å². The van der Waals surface area contributed by atoms with Crippen LogP contribution in [0.1, 0.15) is 45.4 Å². The summed E-state index contributed by atoms with van der Waals surface area (Å²) in [5, 5.41) is 13.7. The SMILES string of the molecule is CCCCCCC[C@H](NC(=O)CO)C(=O)NC. The van der Waals surface area contributed by atoms with Crippen molar-refractivity contribution in [1.29, 1.82) is 0 Å². The zero-order valence-electron chi connectivity index (χ0n) is 10.8. The van der Waals surface area contributed by atoms with E-state index in [4.69, 9.17) is 5.11 Å². The predicted octanol–water partition coefficient (Wildman–Crippen LogP) is 0.570. The van der Waals surface area contributed by atoms with Crippen LogP contribution < -0.4 is 10.6 Å². The molecule has 0 unspecified atom stereocenters. The number of unbranched alkanes of at least 4 members (excludes halogenated alkanes) is 4. The summed E-state index contributed by atoms with van der Waals surface area (Å²) in [5.41, 5.74) is 0. The monoisotopic (exact) mass is 244 g/mol. The first-order valence-corrected chi connectivity index (χ1v) is 6.27. The molecular weight excluding hydrogens is 220 g/mol. The van der Waals surface area contributed by atoms with E-state index in [2.05, 4.69) is 17.6 Å². The number of amides is 2. The molecule has 17 heavy (non-hydrogen) atoms. The van der Waals surface area contributed by atoms with Crippen molar-refractivity contribution in [2.24, 2.45) is 0 Å². The Balaban J connectivity index is 3.94. The fourth-order valence-corrected chi connectivity index (χ4v) is 1.64. The van der Waals surface area contributed by atoms with Crippen molar-refractivity contribution in [1.82, 2.24) is 10.6 Å². The van der Waals surface area contributed by atoms with Gasteiger partial charge in [0.05, 0.1) is 0 Å². The van der Waals surface area contributed by atoms with Gasteiger partial charge in [0.15, 0.2) is 0 Å². The molecule has 0 aliphatic rings. The number of aliphatic hydroxyl groups is 1. The van der Waals surface area contributed by atoms with Crippen molar-refractivity contribution >= 4 is 11.8 Å². The Hall–Kier alpha value is -1.10. The topological polar surface area (TPSA) is 78.4 Å². The molecule has 5 nitrogen and oxygen atoms in total. The average molecular weight is 244 g/mol. The lowest BCUT2D eigenvalue weighted by Gasteiger charge is -2.16. The van der Waals surface area contributed by atoms with Crippen LogP contribution in [0.25, 0.3) is 0 Å². The van der Waals surface area contributed by atoms with Gasteiger partial charge in [0, 0.05) is 7.05 Å². The first-order chi connectivity index (χ1) is 8.15. The lowest BCUT2D eigenvalue weighted by Crippen LogP contribution is -2.46. The van der Waals surface area contributed by atoms with Gasteiger partial charge in [-0.25, -0.2) is 0 Å². The van der Waals surface area contributed by atoms with E-state index in [-0.39, 0.29) is 5.91 Å². The van der Waals surface area contributed by atoms with E-state index in [1.165, 1.54) is 19.9 Å². The van der Waals surface area contributed by atoms with Crippen molar-refractivity contribution in [3.05, 3.63) is 0 Å². The molecule has 0 saturated heterocycles. The van der Waals surface area contributed by atoms with Gasteiger partial charge in [-0.3, -0.25) is 9.59 Å². The maximum Gasteiger partial charge on any atom is 0.246 e. The molecule has 0 spiro atoms. The lowest BCUT2D eigenvalue weighted by atomic mass is 10.1. The van der Waals surface area contributed by atoms with E-state index in [1.54, 1.807) is 0 Å². The minimum atomic E-state index is -0.580. The quantitative estimate of drug-likeness (QED) is 0.519. The second-order valence-corrected chi connectivity index (χ2v) is 4.10. The van der Waals surface area contributed by atoms with Crippen LogP contribution in [0, 0.1) is 0 Å². The first kappa shape index (κ1) is 15.9. The van der Waals surface area contributed by atoms with E-state index in [0.717, 1.165) is 19.3 Å². The van der Waals surface area contributed by atoms with Crippen LogP contribution in [0.15, 0.2) is 0 Å². The van der Waals surface area contributed by atoms with Crippen LogP contribution in [0.2, 0.25) is 0 Å². The maximum absolute atomic E-state index is 11.5. The number of nitrogens with one attached hydrogen (secondary N) is 2. The molecule has 0 saturated carbocycles. The molecule has 0 heterocycles. The Morgan fingerprint density at radius 2 is 1.82 bits per heavy atom. The Morgan fingerprint density at radius 3 is 2.35 bits per heavy atom. The van der Waals surface area contributed by atoms with E-state index in [0.29, 0.717) is 6.42 Å². The highest BCUT2D eigenvalue weighted by molar-refractivity contribution is 5.87. The highest BCUT2D eigenvalue weighted by Gasteiger charge is 2.18. The summed E-state index contributed by atoms with van der Waals surface area (Å²) in [5.74, 6) is -0.713. The first-order valence-electron chi connectivity index (χ1n) is 6.27. The Labute approximate surface area is 103 Å². The van der Waals surface area contributed by atoms with Gasteiger partial charge in [0.25, 0.3) is 0 Å². The van der Waals surface area contributed by atoms with E-state index >= 15 is 0 Å². The molecule has 0 aliphatic carbocycles. The van der Waals surface area contributed by atoms with Gasteiger partial charge in [-0.2, -0.15) is 0 Å². The summed E-state index contributed by atoms with van der Waals surface area (Å²) in [6, 6.07) is -0.527. The molecule has 2 amide bonds. The number of hydrogen-bond acceptors (Lipinski definition) is 3. The molecule has 0 aliphatic heterocycles. The molecule has 0 aromatic heterocycles. The summed E-state index contributed by atoms with van der Waals surface area (Å²) in [4.78, 5) is 22.5. The lowest BCUT2D eigenvalue weighted by molar-refractivity contribution is -0.130. The van der Waals surface area contributed by atoms with Crippen molar-refractivity contribution in [2.45, 2.75) is 51.5 Å². The van der Waals surface area contributed by atoms with Crippen LogP contribution in [0.5, 0.6) is 0 Å². The van der Waals surface area contributed by atoms with Crippen molar-refractivity contribution < 1.29 is 14.7 Å². The van der Waals surface area contributed by atoms with Crippen LogP contribution in [-0.4, -0.2) is 36.6 Å². The molecular formula is C12H24N2O3. The summed E-state index contributed by atoms with van der Waals surface area (Å²) >= 11 is 0. The van der Waals surface area contributed by atoms with Crippen LogP contribution in [-0.2, 0) is 9.59 Å². The molecule has 100 valence electrons. The van der Waals surface area contributed by atoms with Gasteiger partial charge in [0.1, 0.15) is 12.6 Å². The molecule has 0 aromatic rings. The number of carbonyl (C=O) groups is 2. The number of likely N-dealkylation sites (N-methyl/N-ethyl adjacent to an activating group) is 1. The number of aliphatic hydroxyl groups excluding tert-OH is 1. The number of rotatable bonds is 9. The van der Waals surface area contributed by atoms with Gasteiger partial charge >= 0.3 is 0 Å². The molecule has 0 radical (unpaired) electrons. The smallest absolute Gasteiger partial charge is 0.246 e. The van der Waals surface area contributed by atoms with E-state index < -0.39 is 18.6 Å². The zero-order valence-corrected chi connectivity index (χ0v) is 10.8. The molecule has 5 heteroatoms. The third-order valence-electron chi connectivity index (χ3n) is 2.64. The van der Waals surface area contributed by atoms with Crippen LogP contribution >= 0.6 is 0 Å². The minimum absolute atomic E-state index is 0.206. The van der Waals surface area contributed by atoms with Crippen molar-refractivity contribution in [2.75, 3.05) is 13.7 Å². The summed E-state index contributed by atoms with van der Waals surface area (Å²) in [7, 11) is 1.54. The van der Waals surface area contributed by atoms with Crippen molar-refractivity contribution in [3.8, 4) is 0 Å². The molecule has 0 bridgehead atoms. The molecule has 3 N–H and O–H groups in total. The average Bonchev–Trinajstić information content (AvgIpc) is 2.35. The largest absolute Gasteiger partial charge is 0.387 e. The van der Waals surface area contributed by atoms with E-state index in [1.807, 2.05) is 0 Å². The predicted molar refractivity (Wildman–Crippen MR) is 66.5 cm³/mol. The van der Waals surface area contributed by atoms with Crippen LogP contribution in [0.4, 0.5) is 0 Å². The normalized spacial score (nSPS) is 11.9. The highest BCUT2D eigenvalue weighted by atomic mass is 16.3. The number of hydrogen-bond donors (Lipinski definition) is 3. The fourth-order valence-electron chi connectivity index (χ4n) is 1.64. The van der Waals surface area contributed by atoms with Gasteiger partial charge in [0.2, 0.25) is 11.8 Å². The maximum atomic E-state index is 11.5. The molecule has 0 fully saturated rings. The minimum Gasteiger partial charge on any atom is -0.387 e. The third-order valence-corrected chi connectivity index (χ3v) is 2.64. The Kier molecular flexibility index (Phi) is 9.43. The van der Waals surface area contributed by atoms with E-state index in [9.17, 15) is 9.59 Å². The van der Waals surface area contributed by atoms with Crippen molar-refractivity contribution in [3.63, 3.8) is 0 Å². The molecule has 1 atom stereocenters. The Morgan fingerprint density at radius 1 is 1.18 bits per heavy atom. The van der Waals surface area contributed by atoms with Gasteiger partial charge in [-0.15, -0.1) is 0 Å². The molecule has 0 rings (SSSR count). The van der Waals surface area contributed by atoms with Crippen LogP contribution in [0.3, 0.4) is 0 Å². The summed E-state index contributed by atoms with van der Waals surface area (Å²) < 4.78 is 0. The second-order valence-electron chi connectivity index (χ2n) is 4.10. The number of carbonyl (C=O) groups excluding carboxylic acids is 2. The standard InChI is InChI=1S/C12H24N2O3/c1-3-4-5-6-7-8-10(12(17)13-2)14-11(16)9-15/h10,15H,3-9H2,1-2H3,(H,13,17)(H,14,16)/t10-/m0/s1. The summed E-state index contributed by atoms with van der Waals surface area (Å²) in [6.07, 6.45) is 6.13. The Bertz CT molecular complexity index is 232. The fraction of sp³-hybridized carbons (Fsp3) is 0.833. The van der Waals surface area contributed by atoms with Gasteiger partial charge in [-0.1, -0.05) is 39.0 Å². The summed E-state index contributed by atoms with van der Waals surface area (Å²) in [6.45, 7) is 1.57. The van der Waals surface area contributed by atoms with Gasteiger partial charge < -0.3 is 15.7 Å². The highest BCUT2D eigenvalue weighted by Crippen LogP contribution is 2.07. The third kappa shape index (κ3) is 7.74. The zero-order chi connectivity index (χ0) is 13.1. The second kappa shape index (κ2) is 10.1. The molecule has 0 aromatic carbocycles.